The molecule has 1 aromatic heterocycles. The van der Waals surface area contributed by atoms with Crippen LogP contribution in [0.2, 0.25) is 0 Å². The van der Waals surface area contributed by atoms with Gasteiger partial charge in [-0.15, -0.1) is 0 Å². The van der Waals surface area contributed by atoms with Gasteiger partial charge in [-0.1, -0.05) is 0 Å². The summed E-state index contributed by atoms with van der Waals surface area (Å²) in [6.45, 7) is 6.11. The summed E-state index contributed by atoms with van der Waals surface area (Å²) < 4.78 is 32.7. The van der Waals surface area contributed by atoms with Gasteiger partial charge in [0.05, 0.1) is 14.9 Å². The Morgan fingerprint density at radius 2 is 1.36 bits per heavy atom. The quantitative estimate of drug-likeness (QED) is 0.540. The van der Waals surface area contributed by atoms with E-state index in [1.165, 1.54) is 5.56 Å². The molecule has 1 heterocycles. The summed E-state index contributed by atoms with van der Waals surface area (Å²) in [7, 11) is -4.69. The summed E-state index contributed by atoms with van der Waals surface area (Å²) in [5.41, 5.74) is 3.50. The lowest BCUT2D eigenvalue weighted by Crippen LogP contribution is -2.58. The Bertz CT molecular complexity index is 241. The highest BCUT2D eigenvalue weighted by Crippen LogP contribution is 2.01. The van der Waals surface area contributed by atoms with E-state index in [9.17, 15) is 0 Å². The molecule has 0 fully saturated rings. The molecule has 0 aliphatic carbocycles. The molecule has 0 bridgehead atoms. The zero-order chi connectivity index (χ0) is 11.4. The summed E-state index contributed by atoms with van der Waals surface area (Å²) in [4.78, 5) is 4.23. The third-order valence-electron chi connectivity index (χ3n) is 1.23. The molecule has 0 spiro atoms. The maximum Gasteiger partial charge on any atom is 0.0777 e. The lowest BCUT2D eigenvalue weighted by molar-refractivity contribution is -1.92. The number of halogens is 1. The monoisotopic (exact) mass is 221 g/mol. The van der Waals surface area contributed by atoms with E-state index >= 15 is 0 Å². The van der Waals surface area contributed by atoms with Crippen molar-refractivity contribution in [1.29, 1.82) is 0 Å². The van der Waals surface area contributed by atoms with Gasteiger partial charge in [0, 0.05) is 11.4 Å². The minimum absolute atomic E-state index is 1.10. The zero-order valence-corrected chi connectivity index (χ0v) is 8.91. The van der Waals surface area contributed by atoms with Gasteiger partial charge in [-0.3, -0.25) is 4.98 Å². The second-order valence-electron chi connectivity index (χ2n) is 2.82. The van der Waals surface area contributed by atoms with E-state index in [4.69, 9.17) is 18.6 Å². The molecule has 1 aromatic rings. The molecule has 0 aliphatic rings. The van der Waals surface area contributed by atoms with E-state index in [2.05, 4.69) is 24.0 Å². The van der Waals surface area contributed by atoms with E-state index in [0.717, 1.165) is 11.4 Å². The first kappa shape index (κ1) is 13.3. The van der Waals surface area contributed by atoms with Gasteiger partial charge in [0.15, 0.2) is 0 Å². The Morgan fingerprint density at radius 1 is 1.07 bits per heavy atom. The fourth-order valence-electron chi connectivity index (χ4n) is 1.04. The van der Waals surface area contributed by atoms with Crippen LogP contribution in [-0.4, -0.2) is 9.64 Å². The van der Waals surface area contributed by atoms with Crippen molar-refractivity contribution in [2.24, 2.45) is 0 Å². The van der Waals surface area contributed by atoms with Crippen molar-refractivity contribution in [3.05, 3.63) is 29.1 Å². The van der Waals surface area contributed by atoms with Gasteiger partial charge in [-0.2, -0.15) is 14.0 Å². The van der Waals surface area contributed by atoms with Crippen LogP contribution in [0.25, 0.3) is 0 Å². The Kier molecular flexibility index (Phi) is 4.96. The molecule has 0 unspecified atom stereocenters. The first-order valence-electron chi connectivity index (χ1n) is 3.73. The van der Waals surface area contributed by atoms with Gasteiger partial charge in [-0.05, 0) is 38.5 Å². The fraction of sp³-hybridized carbons (Fsp3) is 0.375. The van der Waals surface area contributed by atoms with Crippen molar-refractivity contribution >= 4 is 0 Å². The Morgan fingerprint density at radius 3 is 1.57 bits per heavy atom. The summed E-state index contributed by atoms with van der Waals surface area (Å²) in [6.07, 6.45) is 0. The molecule has 5 nitrogen and oxygen atoms in total. The number of hydrogen-bond donors (Lipinski definition) is 1. The van der Waals surface area contributed by atoms with Crippen LogP contribution in [0.15, 0.2) is 12.1 Å². The largest absolute Gasteiger partial charge is 0.258 e. The third kappa shape index (κ3) is 9.37. The highest BCUT2D eigenvalue weighted by molar-refractivity contribution is 5.18. The second-order valence-corrected chi connectivity index (χ2v) is 3.62. The van der Waals surface area contributed by atoms with Gasteiger partial charge >= 0.3 is 0 Å². The van der Waals surface area contributed by atoms with Crippen molar-refractivity contribution in [3.63, 3.8) is 0 Å². The lowest BCUT2D eigenvalue weighted by Gasteiger charge is -2.03. The first-order chi connectivity index (χ1) is 6.18. The summed E-state index contributed by atoms with van der Waals surface area (Å²) >= 11 is 0. The normalized spacial score (nSPS) is 10.5. The van der Waals surface area contributed by atoms with Crippen LogP contribution >= 0.6 is 0 Å². The molecule has 0 radical (unpaired) electrons. The van der Waals surface area contributed by atoms with Crippen molar-refractivity contribution in [3.8, 4) is 0 Å². The maximum atomic E-state index is 8.60. The predicted molar refractivity (Wildman–Crippen MR) is 40.7 cm³/mol. The van der Waals surface area contributed by atoms with Crippen LogP contribution < -0.4 is 14.0 Å². The average Bonchev–Trinajstić information content (AvgIpc) is 1.77. The van der Waals surface area contributed by atoms with Crippen molar-refractivity contribution < 1.29 is 28.9 Å². The highest BCUT2D eigenvalue weighted by atomic mass is 35.7. The predicted octanol–water partition coefficient (Wildman–Crippen LogP) is -2.12. The second kappa shape index (κ2) is 5.23. The highest BCUT2D eigenvalue weighted by Gasteiger charge is 1.98. The van der Waals surface area contributed by atoms with Crippen molar-refractivity contribution in [2.45, 2.75) is 20.8 Å². The Balaban J connectivity index is 0.000000292. The number of rotatable bonds is 0. The average molecular weight is 222 g/mol. The van der Waals surface area contributed by atoms with Crippen LogP contribution in [0.1, 0.15) is 17.0 Å². The third-order valence-corrected chi connectivity index (χ3v) is 1.23. The molecule has 1 N–H and O–H groups in total. The van der Waals surface area contributed by atoms with Gasteiger partial charge in [0.2, 0.25) is 0 Å². The molecule has 0 saturated heterocycles. The number of hydrogen-bond acceptors (Lipinski definition) is 5. The molecular formula is C8H12ClNO4. The van der Waals surface area contributed by atoms with E-state index in [-0.39, 0.29) is 0 Å². The molecule has 1 rings (SSSR count). The zero-order valence-electron chi connectivity index (χ0n) is 8.15. The summed E-state index contributed by atoms with van der Waals surface area (Å²) in [5, 5.41) is 0. The molecule has 14 heavy (non-hydrogen) atoms. The van der Waals surface area contributed by atoms with Gasteiger partial charge in [0.25, 0.3) is 0 Å². The minimum atomic E-state index is -4.69. The molecule has 0 atom stereocenters. The maximum absolute atomic E-state index is 8.60. The van der Waals surface area contributed by atoms with Crippen LogP contribution in [-0.2, 0) is 0 Å². The van der Waals surface area contributed by atoms with E-state index in [0.29, 0.717) is 0 Å². The van der Waals surface area contributed by atoms with Crippen LogP contribution in [0.5, 0.6) is 0 Å². The first-order valence-corrected chi connectivity index (χ1v) is 5.00. The molecule has 6 heteroatoms. The standard InChI is InChI=1S/C8H11N.ClHO4/c1-6-4-7(2)9-8(3)5-6;2-1(3,4)5/h4-5H,1-3H3;(H,2,3,4,5). The van der Waals surface area contributed by atoms with Gasteiger partial charge in [0.1, 0.15) is 0 Å². The van der Waals surface area contributed by atoms with Crippen molar-refractivity contribution in [2.75, 3.05) is 0 Å². The number of aryl methyl sites for hydroxylation is 3. The van der Waals surface area contributed by atoms with Gasteiger partial charge < -0.3 is 0 Å². The van der Waals surface area contributed by atoms with E-state index in [1.807, 2.05) is 13.8 Å². The molecule has 0 amide bonds. The molecule has 0 aliphatic heterocycles. The molecule has 0 saturated carbocycles. The summed E-state index contributed by atoms with van der Waals surface area (Å²) in [6, 6.07) is 4.15. The number of pyridine rings is 1. The Hall–Kier alpha value is -0.720. The molecule has 80 valence electrons. The Labute approximate surface area is 84.4 Å². The van der Waals surface area contributed by atoms with Crippen molar-refractivity contribution in [1.82, 2.24) is 4.98 Å². The summed E-state index contributed by atoms with van der Waals surface area (Å²) in [5.74, 6) is 0. The molecular weight excluding hydrogens is 210 g/mol. The smallest absolute Gasteiger partial charge is 0.0777 e. The molecule has 0 aromatic carbocycles. The minimum Gasteiger partial charge on any atom is -0.258 e. The topological polar surface area (TPSA) is 102 Å². The van der Waals surface area contributed by atoms with Crippen LogP contribution in [0.3, 0.4) is 0 Å². The van der Waals surface area contributed by atoms with Gasteiger partial charge in [-0.25, -0.2) is 0 Å². The number of nitrogens with zero attached hydrogens (tertiary/aromatic N) is 1. The van der Waals surface area contributed by atoms with Crippen LogP contribution in [0, 0.1) is 31.0 Å². The number of aromatic nitrogens is 1. The van der Waals surface area contributed by atoms with E-state index in [1.54, 1.807) is 0 Å². The SMILES string of the molecule is Cc1cc(C)nc(C)c1.[O-][Cl+3]([O-])([O-])O. The fourth-order valence-corrected chi connectivity index (χ4v) is 1.04. The lowest BCUT2D eigenvalue weighted by atomic mass is 10.2. The van der Waals surface area contributed by atoms with Crippen LogP contribution in [0.4, 0.5) is 0 Å². The van der Waals surface area contributed by atoms with E-state index < -0.39 is 10.2 Å².